The van der Waals surface area contributed by atoms with Gasteiger partial charge in [-0.05, 0) is 56.3 Å². The third kappa shape index (κ3) is 8.90. The molecule has 4 N–H and O–H groups in total. The molecule has 1 aromatic rings. The minimum atomic E-state index is -1.16. The van der Waals surface area contributed by atoms with Gasteiger partial charge in [0, 0.05) is 37.9 Å². The van der Waals surface area contributed by atoms with E-state index in [1.165, 1.54) is 23.5 Å². The molecule has 0 aromatic carbocycles. The summed E-state index contributed by atoms with van der Waals surface area (Å²) in [6, 6.07) is -4.85. The van der Waals surface area contributed by atoms with Gasteiger partial charge in [-0.2, -0.15) is 0 Å². The molecule has 1 spiro atoms. The van der Waals surface area contributed by atoms with Crippen LogP contribution in [0.25, 0.3) is 0 Å². The lowest BCUT2D eigenvalue weighted by atomic mass is 9.82. The quantitative estimate of drug-likeness (QED) is 0.149. The maximum Gasteiger partial charge on any atom is 0.289 e. The molecule has 0 radical (unpaired) electrons. The first-order chi connectivity index (χ1) is 27.2. The first-order valence-electron chi connectivity index (χ1n) is 20.7. The predicted molar refractivity (Wildman–Crippen MR) is 209 cm³/mol. The molecular formula is C41H59N9O7. The molecule has 310 valence electrons. The van der Waals surface area contributed by atoms with Gasteiger partial charge in [-0.3, -0.25) is 43.4 Å². The van der Waals surface area contributed by atoms with Crippen LogP contribution in [0.3, 0.4) is 0 Å². The number of carbonyl (C=O) groups excluding carboxylic acids is 7. The van der Waals surface area contributed by atoms with Crippen molar-refractivity contribution in [3.63, 3.8) is 0 Å². The highest BCUT2D eigenvalue weighted by molar-refractivity contribution is 6.38. The molecular weight excluding hydrogens is 731 g/mol. The molecule has 16 heteroatoms. The normalized spacial score (nSPS) is 25.4. The van der Waals surface area contributed by atoms with Crippen LogP contribution in [-0.4, -0.2) is 127 Å². The van der Waals surface area contributed by atoms with Crippen molar-refractivity contribution >= 4 is 41.2 Å². The van der Waals surface area contributed by atoms with Gasteiger partial charge in [-0.1, -0.05) is 59.5 Å². The number of fused-ring (bicyclic) bond motifs is 2. The average Bonchev–Trinajstić information content (AvgIpc) is 3.62. The Morgan fingerprint density at radius 2 is 1.72 bits per heavy atom. The van der Waals surface area contributed by atoms with Gasteiger partial charge in [0.1, 0.15) is 29.5 Å². The van der Waals surface area contributed by atoms with E-state index in [0.29, 0.717) is 32.2 Å². The fourth-order valence-corrected chi connectivity index (χ4v) is 9.20. The van der Waals surface area contributed by atoms with Crippen molar-refractivity contribution in [2.75, 3.05) is 19.6 Å². The minimum Gasteiger partial charge on any atom is -0.347 e. The lowest BCUT2D eigenvalue weighted by molar-refractivity contribution is -0.145. The zero-order valence-electron chi connectivity index (χ0n) is 33.8. The molecule has 0 bridgehead atoms. The second kappa shape index (κ2) is 17.4. The van der Waals surface area contributed by atoms with Crippen molar-refractivity contribution in [3.8, 4) is 0 Å². The van der Waals surface area contributed by atoms with E-state index < -0.39 is 76.6 Å². The number of hydrogen-bond acceptors (Lipinski definition) is 10. The van der Waals surface area contributed by atoms with Gasteiger partial charge < -0.3 is 31.1 Å². The standard InChI is InChI=1S/C41H59N9O7/c1-6-12-27(32(51)37(55)44-26-16-17-26)45-35(53)30-22-41(49-21-11-15-29(49)38(56)50(41)20-7-2)24-48(30)39(57)33(40(3,4)5)47-36(54)31(25-13-9-8-10-14-25)46-34(52)28-23-42-18-19-43-28/h7,18-19,23,25-27,29-31,33H,2,6,8-17,20-22,24H2,1,3-5H3,(H,44,55)(H,45,53)(H,46,52)(H,47,54)/t27?,29-,30-,31-,33+,41?/m0/s1. The van der Waals surface area contributed by atoms with Crippen LogP contribution < -0.4 is 21.3 Å². The molecule has 6 atom stereocenters. The first kappa shape index (κ1) is 41.9. The van der Waals surface area contributed by atoms with Gasteiger partial charge in [0.2, 0.25) is 29.4 Å². The monoisotopic (exact) mass is 789 g/mol. The van der Waals surface area contributed by atoms with Crippen LogP contribution in [0.15, 0.2) is 31.2 Å². The van der Waals surface area contributed by atoms with E-state index in [1.807, 2.05) is 27.7 Å². The van der Waals surface area contributed by atoms with E-state index >= 15 is 4.79 Å². The molecule has 6 rings (SSSR count). The highest BCUT2D eigenvalue weighted by Crippen LogP contribution is 2.46. The third-order valence-electron chi connectivity index (χ3n) is 12.3. The number of aromatic nitrogens is 2. The number of hydrogen-bond donors (Lipinski definition) is 4. The Morgan fingerprint density at radius 1 is 0.982 bits per heavy atom. The molecule has 4 heterocycles. The number of likely N-dealkylation sites (tertiary alicyclic amines) is 1. The summed E-state index contributed by atoms with van der Waals surface area (Å²) >= 11 is 0. The Labute approximate surface area is 334 Å². The second-order valence-corrected chi connectivity index (χ2v) is 17.5. The molecule has 6 amide bonds. The molecule has 5 fully saturated rings. The lowest BCUT2D eigenvalue weighted by Gasteiger charge is -2.40. The van der Waals surface area contributed by atoms with Gasteiger partial charge in [-0.25, -0.2) is 4.98 Å². The maximum atomic E-state index is 15.2. The molecule has 3 aliphatic heterocycles. The number of nitrogens with zero attached hydrogens (tertiary/aromatic N) is 5. The number of Topliss-reactive ketones (excluding diaryl/α,β-unsaturated/α-hetero) is 1. The highest BCUT2D eigenvalue weighted by atomic mass is 16.2. The van der Waals surface area contributed by atoms with Crippen molar-refractivity contribution < 1.29 is 33.6 Å². The number of rotatable bonds is 15. The average molecular weight is 790 g/mol. The van der Waals surface area contributed by atoms with E-state index in [0.717, 1.165) is 38.5 Å². The Morgan fingerprint density at radius 3 is 2.35 bits per heavy atom. The summed E-state index contributed by atoms with van der Waals surface area (Å²) in [6.45, 7) is 12.0. The molecule has 2 aliphatic carbocycles. The Hall–Kier alpha value is -4.73. The molecule has 1 aromatic heterocycles. The maximum absolute atomic E-state index is 15.2. The van der Waals surface area contributed by atoms with Gasteiger partial charge in [0.25, 0.3) is 11.8 Å². The van der Waals surface area contributed by atoms with E-state index in [2.05, 4.69) is 42.7 Å². The third-order valence-corrected chi connectivity index (χ3v) is 12.3. The Kier molecular flexibility index (Phi) is 12.8. The van der Waals surface area contributed by atoms with E-state index in [4.69, 9.17) is 0 Å². The van der Waals surface area contributed by atoms with Crippen molar-refractivity contribution in [2.24, 2.45) is 11.3 Å². The van der Waals surface area contributed by atoms with Crippen molar-refractivity contribution in [2.45, 2.75) is 147 Å². The number of ketones is 1. The van der Waals surface area contributed by atoms with Crippen molar-refractivity contribution in [1.82, 2.24) is 45.9 Å². The van der Waals surface area contributed by atoms with Crippen LogP contribution in [0.4, 0.5) is 0 Å². The summed E-state index contributed by atoms with van der Waals surface area (Å²) in [6.07, 6.45) is 13.8. The van der Waals surface area contributed by atoms with Crippen molar-refractivity contribution in [3.05, 3.63) is 36.9 Å². The van der Waals surface area contributed by atoms with Crippen LogP contribution in [0.5, 0.6) is 0 Å². The second-order valence-electron chi connectivity index (χ2n) is 17.5. The van der Waals surface area contributed by atoms with Gasteiger partial charge in [-0.15, -0.1) is 6.58 Å². The largest absolute Gasteiger partial charge is 0.347 e. The summed E-state index contributed by atoms with van der Waals surface area (Å²) in [5.74, 6) is -4.00. The van der Waals surface area contributed by atoms with Gasteiger partial charge >= 0.3 is 0 Å². The number of carbonyl (C=O) groups is 7. The van der Waals surface area contributed by atoms with Crippen molar-refractivity contribution in [1.29, 1.82) is 0 Å². The lowest BCUT2D eigenvalue weighted by Crippen LogP contribution is -2.62. The summed E-state index contributed by atoms with van der Waals surface area (Å²) in [5, 5.41) is 11.4. The van der Waals surface area contributed by atoms with Gasteiger partial charge in [0.15, 0.2) is 0 Å². The summed E-state index contributed by atoms with van der Waals surface area (Å²) in [4.78, 5) is 111. The van der Waals surface area contributed by atoms with E-state index in [1.54, 1.807) is 11.0 Å². The van der Waals surface area contributed by atoms with Crippen LogP contribution >= 0.6 is 0 Å². The van der Waals surface area contributed by atoms with E-state index in [-0.39, 0.29) is 49.5 Å². The summed E-state index contributed by atoms with van der Waals surface area (Å²) in [5.41, 5.74) is -1.86. The van der Waals surface area contributed by atoms with Crippen LogP contribution in [-0.2, 0) is 28.8 Å². The number of nitrogens with one attached hydrogen (secondary N) is 4. The highest BCUT2D eigenvalue weighted by Gasteiger charge is 2.64. The Bertz CT molecular complexity index is 1720. The fraction of sp³-hybridized carbons (Fsp3) is 0.683. The zero-order chi connectivity index (χ0) is 41.1. The van der Waals surface area contributed by atoms with Gasteiger partial charge in [0.05, 0.1) is 24.8 Å². The molecule has 3 saturated heterocycles. The molecule has 5 aliphatic rings. The number of amides is 6. The molecule has 2 unspecified atom stereocenters. The Balaban J connectivity index is 1.32. The molecule has 57 heavy (non-hydrogen) atoms. The minimum absolute atomic E-state index is 0.0214. The topological polar surface area (TPSA) is 203 Å². The summed E-state index contributed by atoms with van der Waals surface area (Å²) < 4.78 is 0. The zero-order valence-corrected chi connectivity index (χ0v) is 33.8. The fourth-order valence-electron chi connectivity index (χ4n) is 9.20. The molecule has 16 nitrogen and oxygen atoms in total. The van der Waals surface area contributed by atoms with Crippen LogP contribution in [0.1, 0.15) is 115 Å². The first-order valence-corrected chi connectivity index (χ1v) is 20.7. The van der Waals surface area contributed by atoms with Crippen LogP contribution in [0.2, 0.25) is 0 Å². The SMILES string of the molecule is C=CCN1C(=O)[C@@H]2CCCN2C12C[C@@H](C(=O)NC(CCC)C(=O)C(=O)NC1CC1)N(C(=O)[C@@H](NC(=O)[C@@H](NC(=O)c1cnccn1)C1CCCCC1)C(C)(C)C)C2. The molecule has 2 saturated carbocycles. The summed E-state index contributed by atoms with van der Waals surface area (Å²) in [7, 11) is 0. The van der Waals surface area contributed by atoms with Crippen LogP contribution in [0, 0.1) is 11.3 Å². The smallest absolute Gasteiger partial charge is 0.289 e. The van der Waals surface area contributed by atoms with E-state index in [9.17, 15) is 28.8 Å². The predicted octanol–water partition coefficient (Wildman–Crippen LogP) is 1.61.